The van der Waals surface area contributed by atoms with Gasteiger partial charge in [0.15, 0.2) is 0 Å². The maximum absolute atomic E-state index is 14.8. The Bertz CT molecular complexity index is 1220. The first-order valence-corrected chi connectivity index (χ1v) is 11.0. The Morgan fingerprint density at radius 1 is 1.00 bits per heavy atom. The second-order valence-corrected chi connectivity index (χ2v) is 9.35. The van der Waals surface area contributed by atoms with Crippen LogP contribution >= 0.6 is 11.6 Å². The first kappa shape index (κ1) is 25.4. The standard InChI is InChI=1S/C24H20ClF6NO3/c1-12-11-14(26)16(13-5-3-2-4-6-13)18(25)15(12)17-19(33)21(32-20(17)34)7-9-22(35,10-8-21)23(27,28)24(29,30)31/h2-6,11,33,35H,7-10H2,1H3,(H,32,34). The molecule has 0 unspecified atom stereocenters. The predicted molar refractivity (Wildman–Crippen MR) is 116 cm³/mol. The predicted octanol–water partition coefficient (Wildman–Crippen LogP) is 6.09. The molecule has 0 aromatic heterocycles. The topological polar surface area (TPSA) is 69.6 Å². The first-order valence-electron chi connectivity index (χ1n) is 10.6. The lowest BCUT2D eigenvalue weighted by molar-refractivity contribution is -0.347. The maximum Gasteiger partial charge on any atom is 0.456 e. The Morgan fingerprint density at radius 2 is 1.57 bits per heavy atom. The van der Waals surface area contributed by atoms with E-state index >= 15 is 0 Å². The van der Waals surface area contributed by atoms with Crippen LogP contribution in [0.1, 0.15) is 36.8 Å². The Morgan fingerprint density at radius 3 is 2.11 bits per heavy atom. The summed E-state index contributed by atoms with van der Waals surface area (Å²) in [5.74, 6) is -7.50. The molecule has 4 nitrogen and oxygen atoms in total. The third-order valence-electron chi connectivity index (χ3n) is 6.87. The highest BCUT2D eigenvalue weighted by Gasteiger charge is 2.71. The molecular formula is C24H20ClF6NO3. The molecule has 0 radical (unpaired) electrons. The van der Waals surface area contributed by atoms with Gasteiger partial charge in [-0.15, -0.1) is 0 Å². The summed E-state index contributed by atoms with van der Waals surface area (Å²) in [5, 5.41) is 23.5. The van der Waals surface area contributed by atoms with Crippen molar-refractivity contribution in [2.24, 2.45) is 0 Å². The molecule has 2 aromatic rings. The molecule has 4 rings (SSSR count). The third-order valence-corrected chi connectivity index (χ3v) is 7.25. The average Bonchev–Trinajstić information content (AvgIpc) is 3.00. The molecule has 1 fully saturated rings. The van der Waals surface area contributed by atoms with E-state index < -0.39 is 66.4 Å². The summed E-state index contributed by atoms with van der Waals surface area (Å²) in [6.45, 7) is 1.46. The van der Waals surface area contributed by atoms with Crippen LogP contribution in [0.15, 0.2) is 42.2 Å². The van der Waals surface area contributed by atoms with E-state index in [1.54, 1.807) is 30.3 Å². The zero-order chi connectivity index (χ0) is 26.0. The van der Waals surface area contributed by atoms with Crippen molar-refractivity contribution in [1.29, 1.82) is 0 Å². The fourth-order valence-electron chi connectivity index (χ4n) is 4.86. The summed E-state index contributed by atoms with van der Waals surface area (Å²) in [6.07, 6.45) is -9.22. The van der Waals surface area contributed by atoms with E-state index in [0.29, 0.717) is 5.56 Å². The van der Waals surface area contributed by atoms with Gasteiger partial charge < -0.3 is 15.5 Å². The highest BCUT2D eigenvalue weighted by atomic mass is 35.5. The number of aliphatic hydroxyl groups excluding tert-OH is 1. The molecule has 1 aliphatic heterocycles. The Labute approximate surface area is 201 Å². The number of aryl methyl sites for hydroxylation is 1. The number of carbonyl (C=O) groups excluding carboxylic acids is 1. The number of nitrogens with one attached hydrogen (secondary N) is 1. The van der Waals surface area contributed by atoms with Crippen LogP contribution < -0.4 is 5.32 Å². The van der Waals surface area contributed by atoms with Crippen molar-refractivity contribution in [2.75, 3.05) is 0 Å². The number of hydrogen-bond donors (Lipinski definition) is 3. The second-order valence-electron chi connectivity index (χ2n) is 8.97. The number of carbonyl (C=O) groups is 1. The van der Waals surface area contributed by atoms with Crippen molar-refractivity contribution in [1.82, 2.24) is 5.32 Å². The summed E-state index contributed by atoms with van der Waals surface area (Å²) >= 11 is 6.52. The van der Waals surface area contributed by atoms with Crippen molar-refractivity contribution in [3.05, 3.63) is 64.1 Å². The first-order chi connectivity index (χ1) is 16.2. The van der Waals surface area contributed by atoms with Gasteiger partial charge in [-0.05, 0) is 49.8 Å². The van der Waals surface area contributed by atoms with Gasteiger partial charge in [0.05, 0.1) is 16.1 Å². The monoisotopic (exact) mass is 519 g/mol. The molecule has 1 spiro atoms. The fourth-order valence-corrected chi connectivity index (χ4v) is 5.30. The van der Waals surface area contributed by atoms with E-state index in [9.17, 15) is 41.4 Å². The van der Waals surface area contributed by atoms with Gasteiger partial charge in [-0.2, -0.15) is 22.0 Å². The molecule has 1 heterocycles. The smallest absolute Gasteiger partial charge is 0.456 e. The number of aliphatic hydroxyl groups is 2. The summed E-state index contributed by atoms with van der Waals surface area (Å²) in [6, 6.07) is 9.33. The molecule has 0 atom stereocenters. The summed E-state index contributed by atoms with van der Waals surface area (Å²) in [7, 11) is 0. The quantitative estimate of drug-likeness (QED) is 0.430. The lowest BCUT2D eigenvalue weighted by Gasteiger charge is -2.45. The molecule has 11 heteroatoms. The van der Waals surface area contributed by atoms with E-state index in [-0.39, 0.29) is 27.3 Å². The Hall–Kier alpha value is -2.72. The van der Waals surface area contributed by atoms with Gasteiger partial charge in [-0.3, -0.25) is 4.79 Å². The molecule has 0 bridgehead atoms. The second kappa shape index (κ2) is 8.16. The molecular weight excluding hydrogens is 500 g/mol. The molecule has 0 saturated heterocycles. The van der Waals surface area contributed by atoms with Crippen molar-refractivity contribution in [3.63, 3.8) is 0 Å². The Kier molecular flexibility index (Phi) is 5.92. The molecule has 1 aliphatic carbocycles. The van der Waals surface area contributed by atoms with Gasteiger partial charge in [0, 0.05) is 11.1 Å². The molecule has 2 aliphatic rings. The largest absolute Gasteiger partial charge is 0.509 e. The minimum Gasteiger partial charge on any atom is -0.509 e. The van der Waals surface area contributed by atoms with Crippen LogP contribution in [0.4, 0.5) is 26.3 Å². The number of hydrogen-bond acceptors (Lipinski definition) is 3. The molecule has 1 saturated carbocycles. The van der Waals surface area contributed by atoms with Gasteiger partial charge in [0.1, 0.15) is 17.2 Å². The molecule has 3 N–H and O–H groups in total. The summed E-state index contributed by atoms with van der Waals surface area (Å²) < 4.78 is 81.4. The number of rotatable bonds is 3. The van der Waals surface area contributed by atoms with Crippen LogP contribution in [-0.2, 0) is 4.79 Å². The normalized spacial score (nSPS) is 25.3. The number of alkyl halides is 5. The highest BCUT2D eigenvalue weighted by molar-refractivity contribution is 6.38. The van der Waals surface area contributed by atoms with Crippen molar-refractivity contribution in [3.8, 4) is 11.1 Å². The SMILES string of the molecule is Cc1cc(F)c(-c2ccccc2)c(Cl)c1C1=C(O)C2(CCC(O)(C(F)(F)C(F)(F)F)CC2)NC1=O. The lowest BCUT2D eigenvalue weighted by atomic mass is 9.70. The van der Waals surface area contributed by atoms with Gasteiger partial charge in [-0.25, -0.2) is 4.39 Å². The van der Waals surface area contributed by atoms with Crippen LogP contribution in [0, 0.1) is 12.7 Å². The van der Waals surface area contributed by atoms with E-state index in [1.165, 1.54) is 6.92 Å². The lowest BCUT2D eigenvalue weighted by Crippen LogP contribution is -2.62. The van der Waals surface area contributed by atoms with Crippen molar-refractivity contribution < 1.29 is 41.4 Å². The van der Waals surface area contributed by atoms with Crippen LogP contribution in [0.25, 0.3) is 16.7 Å². The van der Waals surface area contributed by atoms with Crippen LogP contribution in [0.2, 0.25) is 5.02 Å². The van der Waals surface area contributed by atoms with E-state index in [2.05, 4.69) is 5.32 Å². The van der Waals surface area contributed by atoms with Gasteiger partial charge in [0.2, 0.25) is 0 Å². The van der Waals surface area contributed by atoms with Crippen molar-refractivity contribution >= 4 is 23.1 Å². The van der Waals surface area contributed by atoms with E-state index in [1.807, 2.05) is 0 Å². The van der Waals surface area contributed by atoms with Gasteiger partial charge in [0.25, 0.3) is 5.91 Å². The number of benzene rings is 2. The minimum atomic E-state index is -5.97. The van der Waals surface area contributed by atoms with Crippen LogP contribution in [-0.4, -0.2) is 39.4 Å². The Balaban J connectivity index is 1.77. The average molecular weight is 520 g/mol. The molecule has 1 amide bonds. The summed E-state index contributed by atoms with van der Waals surface area (Å²) in [5.41, 5.74) is -4.79. The maximum atomic E-state index is 14.8. The fraction of sp³-hybridized carbons (Fsp3) is 0.375. The molecule has 2 aromatic carbocycles. The van der Waals surface area contributed by atoms with E-state index in [0.717, 1.165) is 6.07 Å². The minimum absolute atomic E-state index is 0.0141. The van der Waals surface area contributed by atoms with Gasteiger partial charge in [-0.1, -0.05) is 41.9 Å². The van der Waals surface area contributed by atoms with Crippen LogP contribution in [0.3, 0.4) is 0 Å². The number of halogens is 7. The van der Waals surface area contributed by atoms with Crippen LogP contribution in [0.5, 0.6) is 0 Å². The van der Waals surface area contributed by atoms with E-state index in [4.69, 9.17) is 11.6 Å². The zero-order valence-corrected chi connectivity index (χ0v) is 19.0. The molecule has 35 heavy (non-hydrogen) atoms. The number of amides is 1. The molecule has 188 valence electrons. The zero-order valence-electron chi connectivity index (χ0n) is 18.2. The van der Waals surface area contributed by atoms with Gasteiger partial charge >= 0.3 is 12.1 Å². The van der Waals surface area contributed by atoms with Crippen molar-refractivity contribution in [2.45, 2.75) is 55.8 Å². The summed E-state index contributed by atoms with van der Waals surface area (Å²) in [4.78, 5) is 12.9. The highest BCUT2D eigenvalue weighted by Crippen LogP contribution is 2.54. The third kappa shape index (κ3) is 3.78.